The molecule has 1 aromatic carbocycles. The monoisotopic (exact) mass is 253 g/mol. The summed E-state index contributed by atoms with van der Waals surface area (Å²) in [7, 11) is 0. The Bertz CT molecular complexity index is 222. The fourth-order valence-corrected chi connectivity index (χ4v) is 0.385. The number of benzene rings is 1. The van der Waals surface area contributed by atoms with E-state index in [1.54, 1.807) is 0 Å². The maximum Gasteiger partial charge on any atom is 0.152 e. The molecule has 0 saturated heterocycles. The van der Waals surface area contributed by atoms with Crippen LogP contribution in [0.4, 0.5) is 0 Å². The van der Waals surface area contributed by atoms with Crippen LogP contribution in [0.15, 0.2) is 47.1 Å². The van der Waals surface area contributed by atoms with Crippen LogP contribution in [0.25, 0.3) is 0 Å². The predicted octanol–water partition coefficient (Wildman–Crippen LogP) is 1.31. The van der Waals surface area contributed by atoms with Crippen LogP contribution in [-0.4, -0.2) is 23.7 Å². The van der Waals surface area contributed by atoms with Crippen molar-refractivity contribution in [2.24, 2.45) is 10.7 Å². The van der Waals surface area contributed by atoms with Crippen molar-refractivity contribution in [2.75, 3.05) is 0 Å². The van der Waals surface area contributed by atoms with Gasteiger partial charge in [-0.1, -0.05) is 36.4 Å². The number of hydrogen-bond donors (Lipinski definition) is 3. The first kappa shape index (κ1) is 19.6. The summed E-state index contributed by atoms with van der Waals surface area (Å²) >= 11 is -2.86. The molecule has 0 spiro atoms. The third-order valence-corrected chi connectivity index (χ3v) is 0.667. The molecular weight excluding hydrogens is 244 g/mol. The third-order valence-electron chi connectivity index (χ3n) is 0.667. The molecule has 0 aromatic heterocycles. The number of nitrogens with zero attached hydrogens (tertiary/aromatic N) is 2. The molecule has 10 heteroatoms. The van der Waals surface area contributed by atoms with E-state index in [0.717, 1.165) is 0 Å². The molecular formula is C6H9N2O7S-. The van der Waals surface area contributed by atoms with Crippen LogP contribution in [0.5, 0.6) is 0 Å². The summed E-state index contributed by atoms with van der Waals surface area (Å²) < 4.78 is 24.1. The van der Waals surface area contributed by atoms with Crippen LogP contribution in [-0.2, 0) is 11.4 Å². The van der Waals surface area contributed by atoms with Crippen molar-refractivity contribution in [2.45, 2.75) is 0 Å². The Labute approximate surface area is 92.7 Å². The van der Waals surface area contributed by atoms with Crippen LogP contribution < -0.4 is 0 Å². The fourth-order valence-electron chi connectivity index (χ4n) is 0.385. The van der Waals surface area contributed by atoms with Crippen molar-refractivity contribution in [3.63, 3.8) is 0 Å². The van der Waals surface area contributed by atoms with Gasteiger partial charge in [0, 0.05) is 0 Å². The second kappa shape index (κ2) is 23.2. The van der Waals surface area contributed by atoms with E-state index >= 15 is 0 Å². The van der Waals surface area contributed by atoms with Crippen LogP contribution in [0.2, 0.25) is 0 Å². The summed E-state index contributed by atoms with van der Waals surface area (Å²) in [5.41, 5.74) is 0. The Hall–Kier alpha value is -1.91. The molecule has 9 nitrogen and oxygen atoms in total. The molecule has 3 N–H and O–H groups in total. The summed E-state index contributed by atoms with van der Waals surface area (Å²) in [5, 5.41) is 15.8. The Morgan fingerprint density at radius 3 is 1.00 bits per heavy atom. The van der Waals surface area contributed by atoms with Gasteiger partial charge in [-0.25, -0.2) is 4.21 Å². The molecule has 1 aromatic rings. The number of hydrogen-bond acceptors (Lipinski definition) is 6. The van der Waals surface area contributed by atoms with Crippen molar-refractivity contribution in [1.82, 2.24) is 0 Å². The van der Waals surface area contributed by atoms with E-state index in [-0.39, 0.29) is 0 Å². The van der Waals surface area contributed by atoms with Gasteiger partial charge in [0.25, 0.3) is 0 Å². The summed E-state index contributed by atoms with van der Waals surface area (Å²) in [6.45, 7) is 0. The largest absolute Gasteiger partial charge is 0.750 e. The van der Waals surface area contributed by atoms with E-state index in [1.807, 2.05) is 36.4 Å². The maximum atomic E-state index is 8.56. The molecule has 0 radical (unpaired) electrons. The topological polar surface area (TPSA) is 160 Å². The van der Waals surface area contributed by atoms with Gasteiger partial charge in [0.1, 0.15) is 0 Å². The molecule has 0 amide bonds. The smallest absolute Gasteiger partial charge is 0.152 e. The molecule has 1 unspecified atom stereocenters. The molecule has 1 atom stereocenters. The molecule has 1 rings (SSSR count). The Kier molecular flexibility index (Phi) is 28.4. The van der Waals surface area contributed by atoms with Crippen molar-refractivity contribution in [3.05, 3.63) is 46.2 Å². The van der Waals surface area contributed by atoms with Crippen LogP contribution in [0, 0.1) is 9.81 Å². The van der Waals surface area contributed by atoms with Crippen LogP contribution >= 0.6 is 0 Å². The lowest BCUT2D eigenvalue weighted by atomic mass is 10.4. The average molecular weight is 253 g/mol. The fraction of sp³-hybridized carbons (Fsp3) is 0. The van der Waals surface area contributed by atoms with Gasteiger partial charge in [-0.2, -0.15) is 0 Å². The van der Waals surface area contributed by atoms with Gasteiger partial charge >= 0.3 is 0 Å². The highest BCUT2D eigenvalue weighted by Crippen LogP contribution is 1.79. The zero-order chi connectivity index (χ0) is 13.2. The predicted molar refractivity (Wildman–Crippen MR) is 53.2 cm³/mol. The van der Waals surface area contributed by atoms with Gasteiger partial charge in [0.2, 0.25) is 0 Å². The zero-order valence-corrected chi connectivity index (χ0v) is 8.56. The lowest BCUT2D eigenvalue weighted by Crippen LogP contribution is -1.75. The van der Waals surface area contributed by atoms with Gasteiger partial charge < -0.3 is 19.5 Å². The van der Waals surface area contributed by atoms with Crippen molar-refractivity contribution < 1.29 is 23.7 Å². The minimum atomic E-state index is -2.86. The van der Waals surface area contributed by atoms with Gasteiger partial charge in [-0.3, -0.25) is 0 Å². The molecule has 0 fully saturated rings. The highest BCUT2D eigenvalue weighted by Gasteiger charge is 1.57. The summed E-state index contributed by atoms with van der Waals surface area (Å²) in [5.74, 6) is 0. The highest BCUT2D eigenvalue weighted by molar-refractivity contribution is 7.73. The molecule has 0 aliphatic carbocycles. The normalized spacial score (nSPS) is 8.38. The zero-order valence-electron chi connectivity index (χ0n) is 7.74. The first-order valence-corrected chi connectivity index (χ1v) is 4.31. The van der Waals surface area contributed by atoms with E-state index in [9.17, 15) is 0 Å². The highest BCUT2D eigenvalue weighted by atomic mass is 32.2. The maximum absolute atomic E-state index is 8.56. The molecule has 0 bridgehead atoms. The van der Waals surface area contributed by atoms with E-state index in [0.29, 0.717) is 0 Å². The molecule has 92 valence electrons. The Balaban J connectivity index is -0.000000150. The van der Waals surface area contributed by atoms with Gasteiger partial charge in [0.05, 0.1) is 11.4 Å². The molecule has 0 aliphatic heterocycles. The first-order valence-electron chi connectivity index (χ1n) is 3.28. The summed E-state index contributed by atoms with van der Waals surface area (Å²) in [6.07, 6.45) is 0. The van der Waals surface area contributed by atoms with Crippen LogP contribution in [0.1, 0.15) is 0 Å². The lowest BCUT2D eigenvalue weighted by Gasteiger charge is -1.83. The van der Waals surface area contributed by atoms with Crippen molar-refractivity contribution >= 4 is 11.4 Å². The van der Waals surface area contributed by atoms with E-state index in [2.05, 4.69) is 0 Å². The first-order chi connectivity index (χ1) is 7.56. The standard InChI is InChI=1S/C6H6.2HNO2.H2O3S/c1-2-4-6-5-3-1;2*2-1-3;1-4(2)3/h1-6H;2*(H,2,3);(H2,1,2,3)/p-1. The molecule has 0 heterocycles. The van der Waals surface area contributed by atoms with Crippen LogP contribution in [0.3, 0.4) is 0 Å². The molecule has 0 aliphatic rings. The van der Waals surface area contributed by atoms with E-state index in [4.69, 9.17) is 33.5 Å². The summed E-state index contributed by atoms with van der Waals surface area (Å²) in [4.78, 5) is 16.2. The van der Waals surface area contributed by atoms with Gasteiger partial charge in [-0.05, 0) is 0 Å². The Morgan fingerprint density at radius 1 is 0.875 bits per heavy atom. The minimum Gasteiger partial charge on any atom is -0.750 e. The minimum absolute atomic E-state index is 1.25. The van der Waals surface area contributed by atoms with Crippen molar-refractivity contribution in [3.8, 4) is 0 Å². The third kappa shape index (κ3) is 88.9. The SMILES string of the molecule is O=NO.O=NO.O=S([O-])O.c1ccccc1. The Morgan fingerprint density at radius 2 is 0.938 bits per heavy atom. The summed E-state index contributed by atoms with van der Waals surface area (Å²) in [6, 6.07) is 12.0. The van der Waals surface area contributed by atoms with E-state index in [1.165, 1.54) is 10.7 Å². The second-order valence-electron chi connectivity index (χ2n) is 1.54. The van der Waals surface area contributed by atoms with Gasteiger partial charge in [0.15, 0.2) is 10.7 Å². The van der Waals surface area contributed by atoms with Crippen molar-refractivity contribution in [1.29, 1.82) is 0 Å². The number of rotatable bonds is 0. The molecule has 0 saturated carbocycles. The quantitative estimate of drug-likeness (QED) is 0.356. The average Bonchev–Trinajstić information content (AvgIpc) is 2.22. The van der Waals surface area contributed by atoms with Gasteiger partial charge in [-0.15, -0.1) is 9.81 Å². The van der Waals surface area contributed by atoms with E-state index < -0.39 is 11.4 Å². The molecule has 16 heavy (non-hydrogen) atoms. The second-order valence-corrected chi connectivity index (χ2v) is 1.97. The lowest BCUT2D eigenvalue weighted by molar-refractivity contribution is 0.312.